The maximum absolute atomic E-state index is 11.6. The summed E-state index contributed by atoms with van der Waals surface area (Å²) in [6.07, 6.45) is 2.42. The second-order valence-electron chi connectivity index (χ2n) is 4.34. The molecule has 0 amide bonds. The number of sulfonamides is 1. The number of rotatable bonds is 8. The van der Waals surface area contributed by atoms with Gasteiger partial charge in [-0.25, -0.2) is 22.7 Å². The standard InChI is InChI=1S/C11H20BrN5O2S/c1-4-5-13-10-9(12)11(16-8-15-10)14-6-7-20(18,19)17(2)3/h8H,4-7H2,1-3H3,(H2,13,14,15,16). The molecule has 0 bridgehead atoms. The van der Waals surface area contributed by atoms with Crippen molar-refractivity contribution in [2.75, 3.05) is 43.6 Å². The largest absolute Gasteiger partial charge is 0.369 e. The third-order valence-corrected chi connectivity index (χ3v) is 5.12. The SMILES string of the molecule is CCCNc1ncnc(NCCS(=O)(=O)N(C)C)c1Br. The van der Waals surface area contributed by atoms with Crippen LogP contribution in [0.1, 0.15) is 13.3 Å². The molecule has 0 saturated carbocycles. The molecule has 0 saturated heterocycles. The van der Waals surface area contributed by atoms with Gasteiger partial charge in [-0.2, -0.15) is 0 Å². The van der Waals surface area contributed by atoms with Crippen LogP contribution in [-0.4, -0.2) is 55.6 Å². The number of nitrogens with one attached hydrogen (secondary N) is 2. The Kier molecular flexibility index (Phi) is 6.63. The van der Waals surface area contributed by atoms with Gasteiger partial charge in [-0.1, -0.05) is 6.92 Å². The fourth-order valence-corrected chi connectivity index (χ4v) is 2.55. The summed E-state index contributed by atoms with van der Waals surface area (Å²) in [6, 6.07) is 0. The molecule has 20 heavy (non-hydrogen) atoms. The maximum atomic E-state index is 11.6. The molecule has 7 nitrogen and oxygen atoms in total. The second kappa shape index (κ2) is 7.75. The summed E-state index contributed by atoms with van der Waals surface area (Å²) >= 11 is 3.41. The Labute approximate surface area is 128 Å². The monoisotopic (exact) mass is 365 g/mol. The van der Waals surface area contributed by atoms with Crippen LogP contribution in [0.25, 0.3) is 0 Å². The molecule has 0 unspecified atom stereocenters. The fraction of sp³-hybridized carbons (Fsp3) is 0.636. The van der Waals surface area contributed by atoms with Crippen molar-refractivity contribution < 1.29 is 8.42 Å². The number of aromatic nitrogens is 2. The molecule has 1 aromatic heterocycles. The smallest absolute Gasteiger partial charge is 0.215 e. The summed E-state index contributed by atoms with van der Waals surface area (Å²) in [5, 5.41) is 6.16. The van der Waals surface area contributed by atoms with E-state index in [1.165, 1.54) is 24.7 Å². The predicted molar refractivity (Wildman–Crippen MR) is 84.5 cm³/mol. The van der Waals surface area contributed by atoms with Crippen molar-refractivity contribution in [2.45, 2.75) is 13.3 Å². The van der Waals surface area contributed by atoms with E-state index in [0.717, 1.165) is 13.0 Å². The van der Waals surface area contributed by atoms with E-state index in [-0.39, 0.29) is 12.3 Å². The lowest BCUT2D eigenvalue weighted by Crippen LogP contribution is -2.28. The van der Waals surface area contributed by atoms with Crippen LogP contribution >= 0.6 is 15.9 Å². The minimum absolute atomic E-state index is 0.00810. The minimum atomic E-state index is -3.21. The normalized spacial score (nSPS) is 11.7. The lowest BCUT2D eigenvalue weighted by molar-refractivity contribution is 0.521. The van der Waals surface area contributed by atoms with Crippen molar-refractivity contribution in [3.63, 3.8) is 0 Å². The molecule has 0 spiro atoms. The Balaban J connectivity index is 2.65. The number of halogens is 1. The van der Waals surface area contributed by atoms with Gasteiger partial charge < -0.3 is 10.6 Å². The lowest BCUT2D eigenvalue weighted by Gasteiger charge is -2.13. The van der Waals surface area contributed by atoms with E-state index < -0.39 is 10.0 Å². The van der Waals surface area contributed by atoms with Gasteiger partial charge in [0.25, 0.3) is 0 Å². The first-order valence-corrected chi connectivity index (χ1v) is 8.67. The maximum Gasteiger partial charge on any atom is 0.215 e. The van der Waals surface area contributed by atoms with Crippen LogP contribution in [-0.2, 0) is 10.0 Å². The van der Waals surface area contributed by atoms with Gasteiger partial charge in [-0.05, 0) is 22.4 Å². The highest BCUT2D eigenvalue weighted by Crippen LogP contribution is 2.26. The van der Waals surface area contributed by atoms with Crippen LogP contribution < -0.4 is 10.6 Å². The van der Waals surface area contributed by atoms with Crippen LogP contribution in [0.4, 0.5) is 11.6 Å². The molecule has 9 heteroatoms. The van der Waals surface area contributed by atoms with E-state index in [9.17, 15) is 8.42 Å². The average molecular weight is 366 g/mol. The van der Waals surface area contributed by atoms with Crippen molar-refractivity contribution >= 4 is 37.6 Å². The Morgan fingerprint density at radius 3 is 2.25 bits per heavy atom. The Bertz CT molecular complexity index is 536. The van der Waals surface area contributed by atoms with E-state index in [1.54, 1.807) is 0 Å². The molecular formula is C11H20BrN5O2S. The molecule has 1 heterocycles. The first kappa shape index (κ1) is 17.1. The van der Waals surface area contributed by atoms with E-state index in [0.29, 0.717) is 16.1 Å². The zero-order valence-corrected chi connectivity index (χ0v) is 14.3. The van der Waals surface area contributed by atoms with Crippen molar-refractivity contribution in [2.24, 2.45) is 0 Å². The third kappa shape index (κ3) is 4.88. The van der Waals surface area contributed by atoms with E-state index in [1.807, 2.05) is 0 Å². The van der Waals surface area contributed by atoms with Gasteiger partial charge in [-0.3, -0.25) is 0 Å². The van der Waals surface area contributed by atoms with Gasteiger partial charge in [0.15, 0.2) is 0 Å². The van der Waals surface area contributed by atoms with E-state index in [4.69, 9.17) is 0 Å². The summed E-state index contributed by atoms with van der Waals surface area (Å²) in [6.45, 7) is 3.15. The van der Waals surface area contributed by atoms with Crippen LogP contribution in [0.3, 0.4) is 0 Å². The van der Waals surface area contributed by atoms with Crippen LogP contribution in [0, 0.1) is 0 Å². The molecular weight excluding hydrogens is 346 g/mol. The molecule has 0 aliphatic carbocycles. The zero-order chi connectivity index (χ0) is 15.2. The number of hydrogen-bond acceptors (Lipinski definition) is 6. The lowest BCUT2D eigenvalue weighted by atomic mass is 10.4. The molecule has 1 rings (SSSR count). The van der Waals surface area contributed by atoms with Gasteiger partial charge in [0.05, 0.1) is 5.75 Å². The summed E-state index contributed by atoms with van der Waals surface area (Å²) in [5.74, 6) is 1.28. The number of anilines is 2. The van der Waals surface area contributed by atoms with E-state index in [2.05, 4.69) is 43.5 Å². The second-order valence-corrected chi connectivity index (χ2v) is 7.43. The Hall–Kier alpha value is -0.930. The highest BCUT2D eigenvalue weighted by atomic mass is 79.9. The summed E-state index contributed by atoms with van der Waals surface area (Å²) < 4.78 is 25.2. The van der Waals surface area contributed by atoms with Gasteiger partial charge >= 0.3 is 0 Å². The van der Waals surface area contributed by atoms with Crippen LogP contribution in [0.15, 0.2) is 10.8 Å². The summed E-state index contributed by atoms with van der Waals surface area (Å²) in [5.41, 5.74) is 0. The van der Waals surface area contributed by atoms with E-state index >= 15 is 0 Å². The van der Waals surface area contributed by atoms with Crippen molar-refractivity contribution in [3.8, 4) is 0 Å². The first-order chi connectivity index (χ1) is 9.38. The number of hydrogen-bond donors (Lipinski definition) is 2. The molecule has 0 fully saturated rings. The highest BCUT2D eigenvalue weighted by molar-refractivity contribution is 9.10. The third-order valence-electron chi connectivity index (χ3n) is 2.54. The average Bonchev–Trinajstić information content (AvgIpc) is 2.39. The highest BCUT2D eigenvalue weighted by Gasteiger charge is 2.14. The molecule has 0 atom stereocenters. The minimum Gasteiger partial charge on any atom is -0.369 e. The van der Waals surface area contributed by atoms with Gasteiger partial charge in [-0.15, -0.1) is 0 Å². The predicted octanol–water partition coefficient (Wildman–Crippen LogP) is 1.36. The van der Waals surface area contributed by atoms with Crippen LogP contribution in [0.5, 0.6) is 0 Å². The van der Waals surface area contributed by atoms with Gasteiger partial charge in [0.1, 0.15) is 22.4 Å². The van der Waals surface area contributed by atoms with Gasteiger partial charge in [0.2, 0.25) is 10.0 Å². The Morgan fingerprint density at radius 2 is 1.75 bits per heavy atom. The van der Waals surface area contributed by atoms with Crippen molar-refractivity contribution in [1.82, 2.24) is 14.3 Å². The zero-order valence-electron chi connectivity index (χ0n) is 11.9. The summed E-state index contributed by atoms with van der Waals surface area (Å²) in [4.78, 5) is 8.22. The van der Waals surface area contributed by atoms with Gasteiger partial charge in [0, 0.05) is 27.2 Å². The fourth-order valence-electron chi connectivity index (χ4n) is 1.34. The van der Waals surface area contributed by atoms with Crippen molar-refractivity contribution in [3.05, 3.63) is 10.8 Å². The molecule has 0 aliphatic rings. The topological polar surface area (TPSA) is 87.2 Å². The first-order valence-electron chi connectivity index (χ1n) is 6.27. The Morgan fingerprint density at radius 1 is 1.20 bits per heavy atom. The molecule has 2 N–H and O–H groups in total. The van der Waals surface area contributed by atoms with Crippen LogP contribution in [0.2, 0.25) is 0 Å². The molecule has 0 aliphatic heterocycles. The molecule has 0 aromatic carbocycles. The summed E-state index contributed by atoms with van der Waals surface area (Å²) in [7, 11) is -0.176. The number of nitrogens with zero attached hydrogens (tertiary/aromatic N) is 3. The van der Waals surface area contributed by atoms with Crippen molar-refractivity contribution in [1.29, 1.82) is 0 Å². The molecule has 0 radical (unpaired) electrons. The quantitative estimate of drug-likeness (QED) is 0.723. The molecule has 114 valence electrons. The molecule has 1 aromatic rings.